The Kier molecular flexibility index (Phi) is 7.57. The first-order valence-electron chi connectivity index (χ1n) is 14.7. The largest absolute Gasteiger partial charge is 0.491 e. The lowest BCUT2D eigenvalue weighted by molar-refractivity contribution is -0.0141. The number of hydrogen-bond acceptors (Lipinski definition) is 7. The van der Waals surface area contributed by atoms with Gasteiger partial charge in [0.15, 0.2) is 0 Å². The number of fused-ring (bicyclic) bond motifs is 1. The van der Waals surface area contributed by atoms with Crippen LogP contribution in [0.15, 0.2) is 60.8 Å². The molecular weight excluding hydrogens is 578 g/mol. The molecule has 1 saturated heterocycles. The number of likely N-dealkylation sites (tertiary alicyclic amines) is 1. The molecule has 228 valence electrons. The molecule has 1 atom stereocenters. The highest BCUT2D eigenvalue weighted by Crippen LogP contribution is 2.49. The summed E-state index contributed by atoms with van der Waals surface area (Å²) < 4.78 is 11.6. The van der Waals surface area contributed by atoms with Crippen LogP contribution in [0.5, 0.6) is 5.75 Å². The molecule has 2 aliphatic rings. The van der Waals surface area contributed by atoms with Gasteiger partial charge in [-0.3, -0.25) is 9.78 Å². The monoisotopic (exact) mass is 613 g/mol. The first-order chi connectivity index (χ1) is 20.9. The van der Waals surface area contributed by atoms with E-state index >= 15 is 0 Å². The fourth-order valence-electron chi connectivity index (χ4n) is 5.50. The van der Waals surface area contributed by atoms with Crippen molar-refractivity contribution in [2.24, 2.45) is 0 Å². The van der Waals surface area contributed by atoms with E-state index in [1.54, 1.807) is 23.2 Å². The molecule has 10 heteroatoms. The zero-order chi connectivity index (χ0) is 31.2. The number of hydrogen-bond donors (Lipinski definition) is 2. The summed E-state index contributed by atoms with van der Waals surface area (Å²) in [4.78, 5) is 45.1. The van der Waals surface area contributed by atoms with Crippen molar-refractivity contribution >= 4 is 40.2 Å². The minimum absolute atomic E-state index is 0.0812. The summed E-state index contributed by atoms with van der Waals surface area (Å²) in [6.07, 6.45) is 3.76. The normalized spacial score (nSPS) is 17.1. The Balaban J connectivity index is 1.21. The van der Waals surface area contributed by atoms with Gasteiger partial charge in [0.1, 0.15) is 22.8 Å². The summed E-state index contributed by atoms with van der Waals surface area (Å²) in [5.74, 6) is -0.595. The Labute approximate surface area is 259 Å². The van der Waals surface area contributed by atoms with Gasteiger partial charge >= 0.3 is 12.1 Å². The van der Waals surface area contributed by atoms with Gasteiger partial charge in [-0.05, 0) is 106 Å². The first kappa shape index (κ1) is 29.6. The van der Waals surface area contributed by atoms with Crippen LogP contribution in [-0.4, -0.2) is 57.8 Å². The number of benzene rings is 2. The van der Waals surface area contributed by atoms with Crippen LogP contribution in [0, 0.1) is 6.92 Å². The van der Waals surface area contributed by atoms with Crippen molar-refractivity contribution in [3.05, 3.63) is 82.4 Å². The molecule has 0 radical (unpaired) electrons. The summed E-state index contributed by atoms with van der Waals surface area (Å²) in [7, 11) is 0. The van der Waals surface area contributed by atoms with Crippen LogP contribution < -0.4 is 10.1 Å². The molecule has 3 heterocycles. The van der Waals surface area contributed by atoms with Crippen LogP contribution in [0.3, 0.4) is 0 Å². The molecule has 2 amide bonds. The van der Waals surface area contributed by atoms with E-state index in [1.165, 1.54) is 11.3 Å². The number of carbonyl (C=O) groups is 3. The minimum atomic E-state index is -0.957. The van der Waals surface area contributed by atoms with E-state index in [4.69, 9.17) is 9.47 Å². The second-order valence-corrected chi connectivity index (χ2v) is 13.6. The second kappa shape index (κ2) is 11.2. The fraction of sp³-hybridized carbons (Fsp3) is 0.353. The van der Waals surface area contributed by atoms with Gasteiger partial charge in [-0.1, -0.05) is 12.1 Å². The van der Waals surface area contributed by atoms with E-state index in [2.05, 4.69) is 16.4 Å². The zero-order valence-electron chi connectivity index (χ0n) is 25.2. The minimum Gasteiger partial charge on any atom is -0.491 e. The number of thiophene rings is 1. The average Bonchev–Trinajstić information content (AvgIpc) is 3.54. The maximum Gasteiger partial charge on any atom is 0.410 e. The number of ether oxygens (including phenoxy) is 2. The number of nitrogens with one attached hydrogen (secondary N) is 1. The molecule has 2 aromatic carbocycles. The van der Waals surface area contributed by atoms with E-state index < -0.39 is 17.1 Å². The number of amides is 2. The van der Waals surface area contributed by atoms with Crippen LogP contribution in [0.1, 0.15) is 71.2 Å². The summed E-state index contributed by atoms with van der Waals surface area (Å²) in [6, 6.07) is 16.7. The molecule has 1 aliphatic carbocycles. The highest BCUT2D eigenvalue weighted by Gasteiger charge is 2.47. The standard InChI is InChI=1S/C34H35N3O6S/c1-20-7-8-23(42-19-22-11-15-37(22)32(41)43-33(2,3)4)18-25(20)30(38)36-34(12-13-34)26-16-21(17-27-24(26)6-5-14-35-27)28-9-10-29(44-28)31(39)40/h5-10,14,16-18,22H,11-13,15,19H2,1-4H3,(H,36,38)(H,39,40)/t22-/m0/s1. The molecule has 4 aromatic rings. The van der Waals surface area contributed by atoms with Gasteiger partial charge in [0.2, 0.25) is 0 Å². The van der Waals surface area contributed by atoms with E-state index in [-0.39, 0.29) is 22.9 Å². The molecule has 0 bridgehead atoms. The number of nitrogens with zero attached hydrogens (tertiary/aromatic N) is 2. The first-order valence-corrected chi connectivity index (χ1v) is 15.5. The third-order valence-corrected chi connectivity index (χ3v) is 9.23. The molecule has 0 spiro atoms. The van der Waals surface area contributed by atoms with Gasteiger partial charge in [-0.25, -0.2) is 9.59 Å². The van der Waals surface area contributed by atoms with E-state index in [0.29, 0.717) is 24.5 Å². The Hall–Kier alpha value is -4.44. The van der Waals surface area contributed by atoms with Crippen molar-refractivity contribution in [1.29, 1.82) is 0 Å². The molecule has 6 rings (SSSR count). The SMILES string of the molecule is Cc1ccc(OC[C@@H]2CCN2C(=O)OC(C)(C)C)cc1C(=O)NC1(c2cc(-c3ccc(C(=O)O)s3)cc3ncccc23)CC1. The van der Waals surface area contributed by atoms with E-state index in [1.807, 2.05) is 64.1 Å². The third kappa shape index (κ3) is 5.99. The fourth-order valence-corrected chi connectivity index (χ4v) is 6.34. The van der Waals surface area contributed by atoms with E-state index in [9.17, 15) is 19.5 Å². The van der Waals surface area contributed by atoms with Gasteiger partial charge in [-0.15, -0.1) is 11.3 Å². The summed E-state index contributed by atoms with van der Waals surface area (Å²) >= 11 is 1.22. The van der Waals surface area contributed by atoms with Gasteiger partial charge in [0, 0.05) is 28.6 Å². The topological polar surface area (TPSA) is 118 Å². The van der Waals surface area contributed by atoms with Crippen LogP contribution >= 0.6 is 11.3 Å². The lowest BCUT2D eigenvalue weighted by atomic mass is 9.95. The van der Waals surface area contributed by atoms with Crippen molar-refractivity contribution in [2.45, 2.75) is 64.1 Å². The number of aromatic nitrogens is 1. The Morgan fingerprint density at radius 1 is 1.11 bits per heavy atom. The number of rotatable bonds is 8. The highest BCUT2D eigenvalue weighted by molar-refractivity contribution is 7.17. The zero-order valence-corrected chi connectivity index (χ0v) is 26.0. The third-order valence-electron chi connectivity index (χ3n) is 8.11. The number of aryl methyl sites for hydroxylation is 1. The molecule has 2 N–H and O–H groups in total. The molecule has 9 nitrogen and oxygen atoms in total. The van der Waals surface area contributed by atoms with Crippen LogP contribution in [0.4, 0.5) is 4.79 Å². The number of aromatic carboxylic acids is 1. The van der Waals surface area contributed by atoms with Gasteiger partial charge in [-0.2, -0.15) is 0 Å². The molecule has 2 fully saturated rings. The van der Waals surface area contributed by atoms with Crippen molar-refractivity contribution in [2.75, 3.05) is 13.2 Å². The van der Waals surface area contributed by atoms with Crippen molar-refractivity contribution in [3.63, 3.8) is 0 Å². The Morgan fingerprint density at radius 3 is 2.57 bits per heavy atom. The number of pyridine rings is 1. The Bertz CT molecular complexity index is 1770. The molecule has 1 aliphatic heterocycles. The van der Waals surface area contributed by atoms with Crippen molar-refractivity contribution in [1.82, 2.24) is 15.2 Å². The summed E-state index contributed by atoms with van der Waals surface area (Å²) in [5, 5.41) is 13.7. The van der Waals surface area contributed by atoms with Crippen LogP contribution in [0.25, 0.3) is 21.3 Å². The average molecular weight is 614 g/mol. The van der Waals surface area contributed by atoms with Gasteiger partial charge in [0.05, 0.1) is 17.1 Å². The molecular formula is C34H35N3O6S. The van der Waals surface area contributed by atoms with Crippen LogP contribution in [0.2, 0.25) is 0 Å². The van der Waals surface area contributed by atoms with Crippen molar-refractivity contribution in [3.8, 4) is 16.2 Å². The maximum atomic E-state index is 13.8. The Morgan fingerprint density at radius 2 is 1.91 bits per heavy atom. The quantitative estimate of drug-likeness (QED) is 0.225. The molecule has 0 unspecified atom stereocenters. The molecule has 1 saturated carbocycles. The lowest BCUT2D eigenvalue weighted by Gasteiger charge is -2.41. The second-order valence-electron chi connectivity index (χ2n) is 12.5. The van der Waals surface area contributed by atoms with Gasteiger partial charge in [0.25, 0.3) is 5.91 Å². The highest BCUT2D eigenvalue weighted by atomic mass is 32.1. The summed E-state index contributed by atoms with van der Waals surface area (Å²) in [5.41, 5.74) is 2.84. The van der Waals surface area contributed by atoms with E-state index in [0.717, 1.165) is 51.7 Å². The maximum absolute atomic E-state index is 13.8. The number of carboxylic acid groups (broad SMARTS) is 1. The lowest BCUT2D eigenvalue weighted by Crippen LogP contribution is -2.55. The van der Waals surface area contributed by atoms with Crippen molar-refractivity contribution < 1.29 is 29.0 Å². The smallest absolute Gasteiger partial charge is 0.410 e. The summed E-state index contributed by atoms with van der Waals surface area (Å²) in [6.45, 7) is 8.37. The predicted octanol–water partition coefficient (Wildman–Crippen LogP) is 6.78. The van der Waals surface area contributed by atoms with Crippen LogP contribution in [-0.2, 0) is 10.3 Å². The number of carbonyl (C=O) groups excluding carboxylic acids is 2. The predicted molar refractivity (Wildman–Crippen MR) is 168 cm³/mol. The molecule has 2 aromatic heterocycles. The van der Waals surface area contributed by atoms with Gasteiger partial charge < -0.3 is 24.8 Å². The molecule has 44 heavy (non-hydrogen) atoms. The number of carboxylic acids is 1.